The van der Waals surface area contributed by atoms with Gasteiger partial charge in [0.05, 0.1) is 0 Å². The van der Waals surface area contributed by atoms with Gasteiger partial charge in [0, 0.05) is 7.11 Å². The third-order valence-electron chi connectivity index (χ3n) is 0.262. The predicted molar refractivity (Wildman–Crippen MR) is 21.0 cm³/mol. The maximum Gasteiger partial charge on any atom is 0.399 e. The molecular weight excluding hydrogens is 105 g/mol. The summed E-state index contributed by atoms with van der Waals surface area (Å²) in [6, 6.07) is 0. The van der Waals surface area contributed by atoms with Crippen LogP contribution in [0, 0.1) is 0 Å². The van der Waals surface area contributed by atoms with E-state index in [9.17, 15) is 4.57 Å². The molecule has 5 heteroatoms. The van der Waals surface area contributed by atoms with Crippen molar-refractivity contribution < 1.29 is 14.0 Å². The molecule has 0 saturated carbocycles. The molecule has 0 radical (unpaired) electrons. The molecule has 0 fully saturated rings. The van der Waals surface area contributed by atoms with Crippen molar-refractivity contribution in [3.63, 3.8) is 0 Å². The third kappa shape index (κ3) is 4.11. The topological polar surface area (TPSA) is 72.5 Å². The Bertz CT molecular complexity index is 74.9. The van der Waals surface area contributed by atoms with Gasteiger partial charge in [0.2, 0.25) is 0 Å². The van der Waals surface area contributed by atoms with E-state index in [2.05, 4.69) is 10.0 Å². The summed E-state index contributed by atoms with van der Waals surface area (Å²) >= 11 is 0. The van der Waals surface area contributed by atoms with E-state index in [0.717, 1.165) is 7.11 Å². The molecule has 0 aromatic heterocycles. The van der Waals surface area contributed by atoms with Gasteiger partial charge in [0.1, 0.15) is 0 Å². The summed E-state index contributed by atoms with van der Waals surface area (Å²) in [5.74, 6) is 0. The van der Waals surface area contributed by atoms with Crippen LogP contribution in [0.25, 0.3) is 0 Å². The average Bonchev–Trinajstić information content (AvgIpc) is 1.35. The minimum absolute atomic E-state index is 1.07. The van der Waals surface area contributed by atoms with E-state index in [0.29, 0.717) is 0 Å². The van der Waals surface area contributed by atoms with Gasteiger partial charge in [-0.05, 0) is 0 Å². The first-order valence-corrected chi connectivity index (χ1v) is 2.88. The van der Waals surface area contributed by atoms with Crippen LogP contribution in [0.2, 0.25) is 0 Å². The maximum absolute atomic E-state index is 9.69. The SMILES string of the molecule is COP(N)(=O)O. The number of rotatable bonds is 1. The second kappa shape index (κ2) is 1.71. The second-order valence-electron chi connectivity index (χ2n) is 0.747. The highest BCUT2D eigenvalue weighted by Crippen LogP contribution is 2.28. The van der Waals surface area contributed by atoms with Crippen molar-refractivity contribution in [1.29, 1.82) is 0 Å². The number of nitrogens with two attached hydrogens (primary N) is 1. The fraction of sp³-hybridized carbons (Fsp3) is 1.00. The molecule has 6 heavy (non-hydrogen) atoms. The van der Waals surface area contributed by atoms with Crippen molar-refractivity contribution in [1.82, 2.24) is 0 Å². The van der Waals surface area contributed by atoms with E-state index < -0.39 is 7.75 Å². The summed E-state index contributed by atoms with van der Waals surface area (Å²) in [6.07, 6.45) is 0. The molecule has 1 unspecified atom stereocenters. The number of hydrogen-bond acceptors (Lipinski definition) is 2. The van der Waals surface area contributed by atoms with Gasteiger partial charge in [0.25, 0.3) is 0 Å². The molecule has 0 aliphatic rings. The van der Waals surface area contributed by atoms with E-state index in [1.54, 1.807) is 0 Å². The van der Waals surface area contributed by atoms with Gasteiger partial charge in [-0.1, -0.05) is 0 Å². The van der Waals surface area contributed by atoms with Gasteiger partial charge < -0.3 is 9.42 Å². The van der Waals surface area contributed by atoms with Crippen molar-refractivity contribution in [3.8, 4) is 0 Å². The van der Waals surface area contributed by atoms with Gasteiger partial charge in [-0.3, -0.25) is 0 Å². The van der Waals surface area contributed by atoms with Crippen molar-refractivity contribution in [2.75, 3.05) is 7.11 Å². The monoisotopic (exact) mass is 111 g/mol. The van der Waals surface area contributed by atoms with E-state index in [-0.39, 0.29) is 0 Å². The summed E-state index contributed by atoms with van der Waals surface area (Å²) in [7, 11) is -2.58. The Morgan fingerprint density at radius 3 is 2.17 bits per heavy atom. The summed E-state index contributed by atoms with van der Waals surface area (Å²) in [4.78, 5) is 7.94. The van der Waals surface area contributed by atoms with Crippen LogP contribution in [-0.4, -0.2) is 12.0 Å². The Morgan fingerprint density at radius 2 is 2.17 bits per heavy atom. The Labute approximate surface area is 35.5 Å². The van der Waals surface area contributed by atoms with Gasteiger partial charge in [-0.15, -0.1) is 0 Å². The van der Waals surface area contributed by atoms with E-state index in [1.165, 1.54) is 0 Å². The van der Waals surface area contributed by atoms with Crippen LogP contribution in [0.5, 0.6) is 0 Å². The summed E-state index contributed by atoms with van der Waals surface area (Å²) in [5.41, 5.74) is 4.42. The summed E-state index contributed by atoms with van der Waals surface area (Å²) < 4.78 is 13.5. The Balaban J connectivity index is 3.48. The van der Waals surface area contributed by atoms with Crippen molar-refractivity contribution in [3.05, 3.63) is 0 Å². The van der Waals surface area contributed by atoms with Crippen LogP contribution >= 0.6 is 7.75 Å². The van der Waals surface area contributed by atoms with Crippen LogP contribution in [0.3, 0.4) is 0 Å². The Morgan fingerprint density at radius 1 is 2.00 bits per heavy atom. The fourth-order valence-corrected chi connectivity index (χ4v) is 0. The van der Waals surface area contributed by atoms with Crippen LogP contribution in [0.15, 0.2) is 0 Å². The van der Waals surface area contributed by atoms with E-state index >= 15 is 0 Å². The Kier molecular flexibility index (Phi) is 1.74. The lowest BCUT2D eigenvalue weighted by molar-refractivity contribution is 0.317. The second-order valence-corrected chi connectivity index (χ2v) is 2.24. The largest absolute Gasteiger partial charge is 0.399 e. The zero-order valence-corrected chi connectivity index (χ0v) is 4.18. The van der Waals surface area contributed by atoms with Gasteiger partial charge in [-0.2, -0.15) is 0 Å². The molecule has 0 rings (SSSR count). The molecule has 4 nitrogen and oxygen atoms in total. The van der Waals surface area contributed by atoms with Crippen molar-refractivity contribution >= 4 is 7.75 Å². The smallest absolute Gasteiger partial charge is 0.313 e. The lowest BCUT2D eigenvalue weighted by Gasteiger charge is -1.95. The first kappa shape index (κ1) is 6.11. The van der Waals surface area contributed by atoms with Gasteiger partial charge in [-0.25, -0.2) is 10.1 Å². The maximum atomic E-state index is 9.69. The van der Waals surface area contributed by atoms with E-state index in [1.807, 2.05) is 0 Å². The summed E-state index contributed by atoms with van der Waals surface area (Å²) in [6.45, 7) is 0. The molecule has 0 aliphatic heterocycles. The molecule has 0 saturated heterocycles. The van der Waals surface area contributed by atoms with Gasteiger partial charge >= 0.3 is 7.75 Å². The van der Waals surface area contributed by atoms with Crippen LogP contribution in [0.1, 0.15) is 0 Å². The van der Waals surface area contributed by atoms with Crippen molar-refractivity contribution in [2.24, 2.45) is 5.50 Å². The minimum atomic E-state index is -3.65. The fourth-order valence-electron chi connectivity index (χ4n) is 0. The molecule has 0 bridgehead atoms. The van der Waals surface area contributed by atoms with Crippen LogP contribution < -0.4 is 5.50 Å². The highest BCUT2D eigenvalue weighted by molar-refractivity contribution is 7.50. The molecule has 0 amide bonds. The Hall–Kier alpha value is 0.110. The van der Waals surface area contributed by atoms with E-state index in [4.69, 9.17) is 4.89 Å². The zero-order chi connectivity index (χ0) is 5.21. The molecule has 0 heterocycles. The van der Waals surface area contributed by atoms with Crippen LogP contribution in [0.4, 0.5) is 0 Å². The molecule has 0 aliphatic carbocycles. The first-order valence-electron chi connectivity index (χ1n) is 1.23. The zero-order valence-electron chi connectivity index (χ0n) is 3.29. The first-order chi connectivity index (χ1) is 2.56. The predicted octanol–water partition coefficient (Wildman–Crippen LogP) is -0.308. The highest BCUT2D eigenvalue weighted by atomic mass is 31.2. The average molecular weight is 111 g/mol. The molecule has 0 aromatic rings. The lowest BCUT2D eigenvalue weighted by atomic mass is 11.8. The quantitative estimate of drug-likeness (QED) is 0.455. The standard InChI is InChI=1S/CH6NO3P/c1-5-6(2,3)4/h1H3,(H3,2,3,4). The van der Waals surface area contributed by atoms with Crippen LogP contribution in [-0.2, 0) is 9.09 Å². The minimum Gasteiger partial charge on any atom is -0.313 e. The molecule has 0 aromatic carbocycles. The molecule has 38 valence electrons. The van der Waals surface area contributed by atoms with Gasteiger partial charge in [0.15, 0.2) is 0 Å². The summed E-state index contributed by atoms with van der Waals surface area (Å²) in [5, 5.41) is 0. The lowest BCUT2D eigenvalue weighted by Crippen LogP contribution is -1.92. The third-order valence-corrected chi connectivity index (χ3v) is 0.785. The molecule has 1 atom stereocenters. The molecular formula is CH6NO3P. The highest BCUT2D eigenvalue weighted by Gasteiger charge is 2.03. The molecule has 0 spiro atoms. The van der Waals surface area contributed by atoms with Crippen molar-refractivity contribution in [2.45, 2.75) is 0 Å². The normalized spacial score (nSPS) is 19.8. The molecule has 3 N–H and O–H groups in total. The number of hydrogen-bond donors (Lipinski definition) is 2.